The number of rotatable bonds is 4. The minimum absolute atomic E-state index is 0.0992. The quantitative estimate of drug-likeness (QED) is 0.884. The van der Waals surface area contributed by atoms with Crippen molar-refractivity contribution in [3.05, 3.63) is 35.4 Å². The van der Waals surface area contributed by atoms with Gasteiger partial charge in [-0.2, -0.15) is 0 Å². The van der Waals surface area contributed by atoms with Crippen molar-refractivity contribution in [2.45, 2.75) is 51.6 Å². The predicted octanol–water partition coefficient (Wildman–Crippen LogP) is 2.17. The Bertz CT molecular complexity index is 493. The molecule has 4 nitrogen and oxygen atoms in total. The molecule has 2 rings (SSSR count). The van der Waals surface area contributed by atoms with Crippen LogP contribution in [0.3, 0.4) is 0 Å². The normalized spacial score (nSPS) is 16.7. The Kier molecular flexibility index (Phi) is 4.77. The van der Waals surface area contributed by atoms with Gasteiger partial charge in [-0.15, -0.1) is 0 Å². The lowest BCUT2D eigenvalue weighted by Crippen LogP contribution is -2.47. The van der Waals surface area contributed by atoms with E-state index in [1.807, 2.05) is 25.1 Å². The third-order valence-electron chi connectivity index (χ3n) is 3.72. The van der Waals surface area contributed by atoms with Gasteiger partial charge in [-0.3, -0.25) is 9.59 Å². The van der Waals surface area contributed by atoms with Crippen LogP contribution in [0.4, 0.5) is 0 Å². The molecule has 0 spiro atoms. The minimum Gasteiger partial charge on any atom is -0.352 e. The maximum atomic E-state index is 12.1. The van der Waals surface area contributed by atoms with Crippen LogP contribution in [0.2, 0.25) is 0 Å². The standard InChI is InChI=1S/C16H22N2O2/c1-11-6-5-7-13(10-11)16(20)17-12(2)15(19)18-14-8-3-4-9-14/h5-7,10,12,14H,3-4,8-9H2,1-2H3,(H,17,20)(H,18,19)/t12-/m0/s1. The highest BCUT2D eigenvalue weighted by Crippen LogP contribution is 2.17. The van der Waals surface area contributed by atoms with Gasteiger partial charge in [0.2, 0.25) is 5.91 Å². The van der Waals surface area contributed by atoms with Gasteiger partial charge in [-0.25, -0.2) is 0 Å². The lowest BCUT2D eigenvalue weighted by Gasteiger charge is -2.17. The summed E-state index contributed by atoms with van der Waals surface area (Å²) in [5.74, 6) is -0.305. The van der Waals surface area contributed by atoms with E-state index in [1.165, 1.54) is 12.8 Å². The molecule has 1 aromatic rings. The Morgan fingerprint density at radius 1 is 1.25 bits per heavy atom. The molecule has 0 unspecified atom stereocenters. The van der Waals surface area contributed by atoms with Crippen molar-refractivity contribution >= 4 is 11.8 Å². The molecule has 1 aliphatic carbocycles. The van der Waals surface area contributed by atoms with Gasteiger partial charge < -0.3 is 10.6 Å². The van der Waals surface area contributed by atoms with E-state index in [0.29, 0.717) is 5.56 Å². The number of aryl methyl sites for hydroxylation is 1. The van der Waals surface area contributed by atoms with Gasteiger partial charge in [0.05, 0.1) is 0 Å². The summed E-state index contributed by atoms with van der Waals surface area (Å²) < 4.78 is 0. The monoisotopic (exact) mass is 274 g/mol. The zero-order valence-electron chi connectivity index (χ0n) is 12.1. The van der Waals surface area contributed by atoms with Gasteiger partial charge in [0.15, 0.2) is 0 Å². The molecule has 4 heteroatoms. The highest BCUT2D eigenvalue weighted by molar-refractivity contribution is 5.97. The van der Waals surface area contributed by atoms with Gasteiger partial charge in [-0.1, -0.05) is 30.5 Å². The topological polar surface area (TPSA) is 58.2 Å². The molecular weight excluding hydrogens is 252 g/mol. The smallest absolute Gasteiger partial charge is 0.251 e. The van der Waals surface area contributed by atoms with Crippen LogP contribution < -0.4 is 10.6 Å². The summed E-state index contributed by atoms with van der Waals surface area (Å²) in [7, 11) is 0. The summed E-state index contributed by atoms with van der Waals surface area (Å²) in [6.07, 6.45) is 4.44. The van der Waals surface area contributed by atoms with Crippen molar-refractivity contribution in [3.8, 4) is 0 Å². The van der Waals surface area contributed by atoms with E-state index >= 15 is 0 Å². The number of nitrogens with one attached hydrogen (secondary N) is 2. The third-order valence-corrected chi connectivity index (χ3v) is 3.72. The molecule has 0 bridgehead atoms. The Labute approximate surface area is 119 Å². The number of hydrogen-bond donors (Lipinski definition) is 2. The van der Waals surface area contributed by atoms with Crippen LogP contribution >= 0.6 is 0 Å². The van der Waals surface area contributed by atoms with Crippen molar-refractivity contribution in [1.82, 2.24) is 10.6 Å². The molecule has 1 aliphatic rings. The van der Waals surface area contributed by atoms with E-state index in [-0.39, 0.29) is 17.9 Å². The van der Waals surface area contributed by atoms with Crippen LogP contribution in [-0.4, -0.2) is 23.9 Å². The SMILES string of the molecule is Cc1cccc(C(=O)N[C@@H](C)C(=O)NC2CCCC2)c1. The maximum absolute atomic E-state index is 12.1. The average Bonchev–Trinajstić information content (AvgIpc) is 2.91. The summed E-state index contributed by atoms with van der Waals surface area (Å²) in [4.78, 5) is 24.1. The van der Waals surface area contributed by atoms with Crippen molar-refractivity contribution in [3.63, 3.8) is 0 Å². The van der Waals surface area contributed by atoms with Crippen LogP contribution in [0.1, 0.15) is 48.5 Å². The zero-order valence-corrected chi connectivity index (χ0v) is 12.1. The number of carbonyl (C=O) groups is 2. The second-order valence-corrected chi connectivity index (χ2v) is 5.55. The summed E-state index contributed by atoms with van der Waals surface area (Å²) >= 11 is 0. The molecule has 1 atom stereocenters. The largest absolute Gasteiger partial charge is 0.352 e. The van der Waals surface area contributed by atoms with Crippen LogP contribution in [0, 0.1) is 6.92 Å². The molecule has 2 amide bonds. The van der Waals surface area contributed by atoms with E-state index in [4.69, 9.17) is 0 Å². The first-order valence-corrected chi connectivity index (χ1v) is 7.24. The predicted molar refractivity (Wildman–Crippen MR) is 78.5 cm³/mol. The molecule has 0 heterocycles. The number of amides is 2. The first kappa shape index (κ1) is 14.6. The molecular formula is C16H22N2O2. The molecule has 0 saturated heterocycles. The highest BCUT2D eigenvalue weighted by Gasteiger charge is 2.21. The van der Waals surface area contributed by atoms with Crippen LogP contribution in [0.15, 0.2) is 24.3 Å². The molecule has 0 aromatic heterocycles. The summed E-state index contributed by atoms with van der Waals surface area (Å²) in [5, 5.41) is 5.74. The molecule has 0 radical (unpaired) electrons. The number of hydrogen-bond acceptors (Lipinski definition) is 2. The van der Waals surface area contributed by atoms with Gasteiger partial charge in [-0.05, 0) is 38.8 Å². The molecule has 0 aliphatic heterocycles. The lowest BCUT2D eigenvalue weighted by atomic mass is 10.1. The van der Waals surface area contributed by atoms with Crippen molar-refractivity contribution in [1.29, 1.82) is 0 Å². The molecule has 1 aromatic carbocycles. The summed E-state index contributed by atoms with van der Waals surface area (Å²) in [5.41, 5.74) is 1.62. The van der Waals surface area contributed by atoms with E-state index < -0.39 is 6.04 Å². The van der Waals surface area contributed by atoms with Gasteiger partial charge >= 0.3 is 0 Å². The number of carbonyl (C=O) groups excluding carboxylic acids is 2. The maximum Gasteiger partial charge on any atom is 0.251 e. The van der Waals surface area contributed by atoms with E-state index in [2.05, 4.69) is 10.6 Å². The molecule has 1 fully saturated rings. The Hall–Kier alpha value is -1.84. The number of benzene rings is 1. The zero-order chi connectivity index (χ0) is 14.5. The fourth-order valence-corrected chi connectivity index (χ4v) is 2.53. The van der Waals surface area contributed by atoms with Crippen LogP contribution in [0.25, 0.3) is 0 Å². The van der Waals surface area contributed by atoms with E-state index in [1.54, 1.807) is 13.0 Å². The van der Waals surface area contributed by atoms with Gasteiger partial charge in [0, 0.05) is 11.6 Å². The first-order valence-electron chi connectivity index (χ1n) is 7.24. The molecule has 108 valence electrons. The lowest BCUT2D eigenvalue weighted by molar-refractivity contribution is -0.123. The summed E-state index contributed by atoms with van der Waals surface area (Å²) in [6.45, 7) is 3.66. The first-order chi connectivity index (χ1) is 9.56. The molecule has 20 heavy (non-hydrogen) atoms. The average molecular weight is 274 g/mol. The second-order valence-electron chi connectivity index (χ2n) is 5.55. The van der Waals surface area contributed by atoms with Crippen molar-refractivity contribution in [2.75, 3.05) is 0 Å². The van der Waals surface area contributed by atoms with Crippen molar-refractivity contribution < 1.29 is 9.59 Å². The fraction of sp³-hybridized carbons (Fsp3) is 0.500. The highest BCUT2D eigenvalue weighted by atomic mass is 16.2. The van der Waals surface area contributed by atoms with Gasteiger partial charge in [0.25, 0.3) is 5.91 Å². The molecule has 2 N–H and O–H groups in total. The van der Waals surface area contributed by atoms with Gasteiger partial charge in [0.1, 0.15) is 6.04 Å². The van der Waals surface area contributed by atoms with E-state index in [9.17, 15) is 9.59 Å². The van der Waals surface area contributed by atoms with Crippen LogP contribution in [0.5, 0.6) is 0 Å². The Balaban J connectivity index is 1.88. The van der Waals surface area contributed by atoms with Crippen LogP contribution in [-0.2, 0) is 4.79 Å². The fourth-order valence-electron chi connectivity index (χ4n) is 2.53. The third kappa shape index (κ3) is 3.83. The van der Waals surface area contributed by atoms with E-state index in [0.717, 1.165) is 18.4 Å². The second kappa shape index (κ2) is 6.55. The summed E-state index contributed by atoms with van der Waals surface area (Å²) in [6, 6.07) is 7.12. The Morgan fingerprint density at radius 2 is 1.95 bits per heavy atom. The molecule has 1 saturated carbocycles. The minimum atomic E-state index is -0.511. The Morgan fingerprint density at radius 3 is 2.60 bits per heavy atom. The van der Waals surface area contributed by atoms with Crippen molar-refractivity contribution in [2.24, 2.45) is 0 Å².